The van der Waals surface area contributed by atoms with Gasteiger partial charge in [-0.25, -0.2) is 4.79 Å². The van der Waals surface area contributed by atoms with Crippen molar-refractivity contribution in [2.45, 2.75) is 53.2 Å². The van der Waals surface area contributed by atoms with Gasteiger partial charge >= 0.3 is 6.09 Å². The molecule has 0 aliphatic carbocycles. The van der Waals surface area contributed by atoms with E-state index in [4.69, 9.17) is 4.74 Å². The van der Waals surface area contributed by atoms with Crippen LogP contribution in [0, 0.1) is 0 Å². The number of carbonyl (C=O) groups excluding carboxylic acids is 1. The van der Waals surface area contributed by atoms with Gasteiger partial charge in [0.25, 0.3) is 0 Å². The summed E-state index contributed by atoms with van der Waals surface area (Å²) in [5.74, 6) is 0.731. The largest absolute Gasteiger partial charge is 0.444 e. The highest BCUT2D eigenvalue weighted by atomic mass is 16.6. The summed E-state index contributed by atoms with van der Waals surface area (Å²) in [4.78, 5) is 18.1. The zero-order chi connectivity index (χ0) is 17.9. The summed E-state index contributed by atoms with van der Waals surface area (Å²) in [5.41, 5.74) is -0.477. The van der Waals surface area contributed by atoms with E-state index < -0.39 is 11.7 Å². The summed E-state index contributed by atoms with van der Waals surface area (Å²) >= 11 is 0. The number of rotatable bonds is 8. The maximum absolute atomic E-state index is 11.5. The zero-order valence-corrected chi connectivity index (χ0v) is 15.8. The molecule has 0 aromatic heterocycles. The Bertz CT molecular complexity index is 362. The van der Waals surface area contributed by atoms with Crippen LogP contribution >= 0.6 is 0 Å². The van der Waals surface area contributed by atoms with Gasteiger partial charge in [-0.3, -0.25) is 9.89 Å². The molecule has 7 heteroatoms. The molecule has 136 valence electrons. The molecule has 0 aromatic carbocycles. The molecule has 0 bridgehead atoms. The van der Waals surface area contributed by atoms with E-state index in [2.05, 4.69) is 46.6 Å². The topological polar surface area (TPSA) is 78.0 Å². The number of nitrogens with zero attached hydrogens (tertiary/aromatic N) is 2. The summed E-state index contributed by atoms with van der Waals surface area (Å²) < 4.78 is 5.17. The van der Waals surface area contributed by atoms with Gasteiger partial charge in [0.15, 0.2) is 5.96 Å². The summed E-state index contributed by atoms with van der Waals surface area (Å²) in [6, 6.07) is 0.434. The number of aliphatic imine (C=N–C) groups is 1. The summed E-state index contributed by atoms with van der Waals surface area (Å²) in [7, 11) is 1.73. The molecule has 0 aliphatic heterocycles. The van der Waals surface area contributed by atoms with Gasteiger partial charge in [-0.1, -0.05) is 13.8 Å². The van der Waals surface area contributed by atoms with Gasteiger partial charge in [0.2, 0.25) is 0 Å². The number of likely N-dealkylation sites (N-methyl/N-ethyl adjacent to an activating group) is 1. The molecular formula is C16H35N5O2. The molecule has 0 fully saturated rings. The van der Waals surface area contributed by atoms with Crippen molar-refractivity contribution >= 4 is 12.1 Å². The second-order valence-electron chi connectivity index (χ2n) is 6.38. The maximum Gasteiger partial charge on any atom is 0.407 e. The minimum atomic E-state index is -0.477. The Morgan fingerprint density at radius 2 is 1.70 bits per heavy atom. The molecular weight excluding hydrogens is 294 g/mol. The van der Waals surface area contributed by atoms with Gasteiger partial charge in [0.05, 0.1) is 0 Å². The number of hydrogen-bond acceptors (Lipinski definition) is 4. The molecule has 1 amide bonds. The lowest BCUT2D eigenvalue weighted by atomic mass is 10.2. The standard InChI is InChI=1S/C16H35N5O2/c1-8-21(9-2)13(3)12-20-14(17-7)18-10-11-19-15(22)23-16(4,5)6/h13H,8-12H2,1-7H3,(H,19,22)(H2,17,18,20). The van der Waals surface area contributed by atoms with Gasteiger partial charge in [-0.05, 0) is 40.8 Å². The number of guanidine groups is 1. The van der Waals surface area contributed by atoms with Crippen molar-refractivity contribution in [1.29, 1.82) is 0 Å². The van der Waals surface area contributed by atoms with Crippen LogP contribution in [0.15, 0.2) is 4.99 Å². The van der Waals surface area contributed by atoms with Crippen molar-refractivity contribution in [3.63, 3.8) is 0 Å². The minimum Gasteiger partial charge on any atom is -0.444 e. The Labute approximate surface area is 141 Å². The predicted molar refractivity (Wildman–Crippen MR) is 96.0 cm³/mol. The average Bonchev–Trinajstić information content (AvgIpc) is 2.46. The van der Waals surface area contributed by atoms with Crippen molar-refractivity contribution < 1.29 is 9.53 Å². The SMILES string of the molecule is CCN(CC)C(C)CNC(=NC)NCCNC(=O)OC(C)(C)C. The number of ether oxygens (including phenoxy) is 1. The molecule has 0 saturated heterocycles. The Kier molecular flexibility index (Phi) is 10.4. The van der Waals surface area contributed by atoms with E-state index in [0.717, 1.165) is 25.6 Å². The molecule has 0 radical (unpaired) electrons. The van der Waals surface area contributed by atoms with Crippen LogP contribution in [0.25, 0.3) is 0 Å². The molecule has 23 heavy (non-hydrogen) atoms. The highest BCUT2D eigenvalue weighted by molar-refractivity contribution is 5.79. The van der Waals surface area contributed by atoms with Crippen molar-refractivity contribution in [3.8, 4) is 0 Å². The first-order valence-corrected chi connectivity index (χ1v) is 8.38. The van der Waals surface area contributed by atoms with Crippen molar-refractivity contribution in [2.24, 2.45) is 4.99 Å². The van der Waals surface area contributed by atoms with Crippen LogP contribution in [-0.4, -0.2) is 68.4 Å². The zero-order valence-electron chi connectivity index (χ0n) is 15.8. The van der Waals surface area contributed by atoms with Crippen molar-refractivity contribution in [3.05, 3.63) is 0 Å². The third kappa shape index (κ3) is 10.8. The second kappa shape index (κ2) is 11.1. The van der Waals surface area contributed by atoms with Crippen LogP contribution in [0.3, 0.4) is 0 Å². The van der Waals surface area contributed by atoms with Crippen molar-refractivity contribution in [1.82, 2.24) is 20.9 Å². The highest BCUT2D eigenvalue weighted by Gasteiger charge is 2.15. The van der Waals surface area contributed by atoms with E-state index in [1.807, 2.05) is 20.8 Å². The average molecular weight is 329 g/mol. The quantitative estimate of drug-likeness (QED) is 0.356. The molecule has 0 aliphatic rings. The predicted octanol–water partition coefficient (Wildman–Crippen LogP) is 1.41. The molecule has 7 nitrogen and oxygen atoms in total. The number of nitrogens with one attached hydrogen (secondary N) is 3. The van der Waals surface area contributed by atoms with Crippen LogP contribution < -0.4 is 16.0 Å². The summed E-state index contributed by atoms with van der Waals surface area (Å²) in [5, 5.41) is 9.17. The Hall–Kier alpha value is -1.50. The first-order valence-electron chi connectivity index (χ1n) is 8.38. The molecule has 0 spiro atoms. The van der Waals surface area contributed by atoms with E-state index in [1.54, 1.807) is 7.05 Å². The monoisotopic (exact) mass is 329 g/mol. The van der Waals surface area contributed by atoms with Crippen LogP contribution in [0.4, 0.5) is 4.79 Å². The fourth-order valence-electron chi connectivity index (χ4n) is 2.10. The lowest BCUT2D eigenvalue weighted by Gasteiger charge is -2.27. The van der Waals surface area contributed by atoms with E-state index in [1.165, 1.54) is 0 Å². The third-order valence-corrected chi connectivity index (χ3v) is 3.31. The van der Waals surface area contributed by atoms with Crippen LogP contribution in [0.5, 0.6) is 0 Å². The van der Waals surface area contributed by atoms with Crippen molar-refractivity contribution in [2.75, 3.05) is 39.8 Å². The number of amides is 1. The van der Waals surface area contributed by atoms with Crippen LogP contribution in [0.1, 0.15) is 41.5 Å². The molecule has 3 N–H and O–H groups in total. The van der Waals surface area contributed by atoms with Gasteiger partial charge in [-0.2, -0.15) is 0 Å². The molecule has 1 unspecified atom stereocenters. The molecule has 0 aromatic rings. The Morgan fingerprint density at radius 1 is 1.13 bits per heavy atom. The van der Waals surface area contributed by atoms with E-state index >= 15 is 0 Å². The first kappa shape index (κ1) is 21.5. The Balaban J connectivity index is 3.98. The van der Waals surface area contributed by atoms with Gasteiger partial charge in [0, 0.05) is 32.7 Å². The number of hydrogen-bond donors (Lipinski definition) is 3. The fourth-order valence-corrected chi connectivity index (χ4v) is 2.10. The van der Waals surface area contributed by atoms with E-state index in [0.29, 0.717) is 19.1 Å². The van der Waals surface area contributed by atoms with E-state index in [-0.39, 0.29) is 0 Å². The van der Waals surface area contributed by atoms with Crippen LogP contribution in [0.2, 0.25) is 0 Å². The number of alkyl carbamates (subject to hydrolysis) is 1. The lowest BCUT2D eigenvalue weighted by molar-refractivity contribution is 0.0529. The number of carbonyl (C=O) groups is 1. The Morgan fingerprint density at radius 3 is 2.17 bits per heavy atom. The smallest absolute Gasteiger partial charge is 0.407 e. The van der Waals surface area contributed by atoms with Gasteiger partial charge in [0.1, 0.15) is 5.60 Å². The molecule has 0 rings (SSSR count). The third-order valence-electron chi connectivity index (χ3n) is 3.31. The van der Waals surface area contributed by atoms with Gasteiger partial charge < -0.3 is 20.7 Å². The first-order chi connectivity index (χ1) is 10.7. The highest BCUT2D eigenvalue weighted by Crippen LogP contribution is 2.05. The fraction of sp³-hybridized carbons (Fsp3) is 0.875. The lowest BCUT2D eigenvalue weighted by Crippen LogP contribution is -2.47. The molecule has 0 heterocycles. The summed E-state index contributed by atoms with van der Waals surface area (Å²) in [6.45, 7) is 16.0. The second-order valence-corrected chi connectivity index (χ2v) is 6.38. The maximum atomic E-state index is 11.5. The van der Waals surface area contributed by atoms with E-state index in [9.17, 15) is 4.79 Å². The van der Waals surface area contributed by atoms with Crippen LogP contribution in [-0.2, 0) is 4.74 Å². The molecule has 1 atom stereocenters. The molecule has 0 saturated carbocycles. The van der Waals surface area contributed by atoms with Gasteiger partial charge in [-0.15, -0.1) is 0 Å². The summed E-state index contributed by atoms with van der Waals surface area (Å²) in [6.07, 6.45) is -0.405. The minimum absolute atomic E-state index is 0.405. The normalized spacial score (nSPS) is 13.7.